The summed E-state index contributed by atoms with van der Waals surface area (Å²) < 4.78 is 4.08. The second kappa shape index (κ2) is 3.90. The molecule has 2 aromatic rings. The number of aromatic amines is 1. The van der Waals surface area contributed by atoms with Gasteiger partial charge in [-0.25, -0.2) is 4.98 Å². The van der Waals surface area contributed by atoms with Crippen LogP contribution in [0.5, 0.6) is 0 Å². The number of H-pyrrole nitrogens is 1. The molecule has 94 valence electrons. The molecular formula is C13H14BrN3S. The van der Waals surface area contributed by atoms with Gasteiger partial charge in [-0.1, -0.05) is 6.42 Å². The molecule has 0 spiro atoms. The molecule has 2 aliphatic rings. The van der Waals surface area contributed by atoms with E-state index in [1.165, 1.54) is 25.7 Å². The Labute approximate surface area is 119 Å². The molecule has 0 radical (unpaired) electrons. The Kier molecular flexibility index (Phi) is 2.42. The van der Waals surface area contributed by atoms with Crippen LogP contribution < -0.4 is 0 Å². The number of halogens is 1. The molecule has 0 aliphatic heterocycles. The highest BCUT2D eigenvalue weighted by atomic mass is 79.9. The van der Waals surface area contributed by atoms with Crippen molar-refractivity contribution in [3.05, 3.63) is 21.5 Å². The molecule has 2 saturated carbocycles. The van der Waals surface area contributed by atoms with Gasteiger partial charge in [-0.15, -0.1) is 0 Å². The molecular weight excluding hydrogens is 310 g/mol. The summed E-state index contributed by atoms with van der Waals surface area (Å²) in [5, 5.41) is 0. The van der Waals surface area contributed by atoms with E-state index >= 15 is 0 Å². The summed E-state index contributed by atoms with van der Waals surface area (Å²) in [5.74, 6) is 1.73. The van der Waals surface area contributed by atoms with Crippen molar-refractivity contribution >= 4 is 39.3 Å². The Balaban J connectivity index is 1.90. The third-order valence-corrected chi connectivity index (χ3v) is 5.29. The molecule has 2 heterocycles. The molecule has 4 rings (SSSR count). The third kappa shape index (κ3) is 1.53. The number of hydrogen-bond acceptors (Lipinski definition) is 2. The topological polar surface area (TPSA) is 33.6 Å². The van der Waals surface area contributed by atoms with E-state index in [-0.39, 0.29) is 0 Å². The minimum atomic E-state index is 0.568. The summed E-state index contributed by atoms with van der Waals surface area (Å²) in [4.78, 5) is 7.84. The van der Waals surface area contributed by atoms with E-state index in [2.05, 4.69) is 36.5 Å². The molecule has 3 nitrogen and oxygen atoms in total. The van der Waals surface area contributed by atoms with E-state index in [9.17, 15) is 0 Å². The van der Waals surface area contributed by atoms with Crippen molar-refractivity contribution in [2.24, 2.45) is 11.8 Å². The van der Waals surface area contributed by atoms with Crippen molar-refractivity contribution in [3.63, 3.8) is 0 Å². The SMILES string of the molecule is S=c1[nH]c2cc(Br)cnc2n1C1CC2CCC1C2. The number of hydrogen-bond donors (Lipinski definition) is 1. The van der Waals surface area contributed by atoms with E-state index in [1.54, 1.807) is 0 Å². The fraction of sp³-hybridized carbons (Fsp3) is 0.538. The summed E-state index contributed by atoms with van der Waals surface area (Å²) in [6.07, 6.45) is 7.30. The van der Waals surface area contributed by atoms with Crippen molar-refractivity contribution in [1.82, 2.24) is 14.5 Å². The highest BCUT2D eigenvalue weighted by Crippen LogP contribution is 2.51. The van der Waals surface area contributed by atoms with Crippen LogP contribution in [0.4, 0.5) is 0 Å². The van der Waals surface area contributed by atoms with E-state index < -0.39 is 0 Å². The van der Waals surface area contributed by atoms with Crippen LogP contribution in [-0.4, -0.2) is 14.5 Å². The maximum absolute atomic E-state index is 5.50. The molecule has 2 aliphatic carbocycles. The molecule has 18 heavy (non-hydrogen) atoms. The average molecular weight is 324 g/mol. The largest absolute Gasteiger partial charge is 0.329 e. The number of imidazole rings is 1. The molecule has 2 fully saturated rings. The number of fused-ring (bicyclic) bond motifs is 3. The van der Waals surface area contributed by atoms with E-state index in [0.717, 1.165) is 32.2 Å². The number of rotatable bonds is 1. The van der Waals surface area contributed by atoms with E-state index in [0.29, 0.717) is 6.04 Å². The van der Waals surface area contributed by atoms with E-state index in [1.807, 2.05) is 6.20 Å². The van der Waals surface area contributed by atoms with Crippen LogP contribution in [-0.2, 0) is 0 Å². The Bertz CT molecular complexity index is 674. The molecule has 3 unspecified atom stereocenters. The lowest BCUT2D eigenvalue weighted by molar-refractivity contribution is 0.332. The van der Waals surface area contributed by atoms with Gasteiger partial charge in [-0.05, 0) is 65.3 Å². The molecule has 2 bridgehead atoms. The Morgan fingerprint density at radius 3 is 3.00 bits per heavy atom. The van der Waals surface area contributed by atoms with Crippen LogP contribution in [0.25, 0.3) is 11.2 Å². The van der Waals surface area contributed by atoms with Crippen LogP contribution in [0.15, 0.2) is 16.7 Å². The molecule has 0 saturated heterocycles. The first-order valence-electron chi connectivity index (χ1n) is 6.48. The fourth-order valence-corrected chi connectivity index (χ4v) is 4.49. The average Bonchev–Trinajstić information content (AvgIpc) is 3.00. The second-order valence-electron chi connectivity index (χ2n) is 5.57. The molecule has 3 atom stereocenters. The van der Waals surface area contributed by atoms with Gasteiger partial charge in [0.2, 0.25) is 0 Å². The number of nitrogens with zero attached hydrogens (tertiary/aromatic N) is 2. The highest BCUT2D eigenvalue weighted by Gasteiger charge is 2.41. The lowest BCUT2D eigenvalue weighted by Gasteiger charge is -2.23. The van der Waals surface area contributed by atoms with Gasteiger partial charge in [0.05, 0.1) is 5.52 Å². The van der Waals surface area contributed by atoms with Crippen molar-refractivity contribution < 1.29 is 0 Å². The van der Waals surface area contributed by atoms with Crippen LogP contribution >= 0.6 is 28.1 Å². The smallest absolute Gasteiger partial charge is 0.179 e. The summed E-state index contributed by atoms with van der Waals surface area (Å²) in [7, 11) is 0. The van der Waals surface area contributed by atoms with Crippen molar-refractivity contribution in [3.8, 4) is 0 Å². The predicted octanol–water partition coefficient (Wildman–Crippen LogP) is 4.22. The lowest BCUT2D eigenvalue weighted by Crippen LogP contribution is -2.16. The quantitative estimate of drug-likeness (QED) is 0.797. The first-order chi connectivity index (χ1) is 8.72. The van der Waals surface area contributed by atoms with Gasteiger partial charge in [0, 0.05) is 16.7 Å². The molecule has 5 heteroatoms. The monoisotopic (exact) mass is 323 g/mol. The van der Waals surface area contributed by atoms with Crippen molar-refractivity contribution in [1.29, 1.82) is 0 Å². The maximum Gasteiger partial charge on any atom is 0.179 e. The number of pyridine rings is 1. The maximum atomic E-state index is 5.50. The Hall–Kier alpha value is -0.680. The minimum absolute atomic E-state index is 0.568. The zero-order valence-electron chi connectivity index (χ0n) is 9.90. The van der Waals surface area contributed by atoms with Gasteiger partial charge in [0.1, 0.15) is 0 Å². The molecule has 1 N–H and O–H groups in total. The first kappa shape index (κ1) is 11.2. The fourth-order valence-electron chi connectivity index (χ4n) is 3.82. The molecule has 0 aromatic carbocycles. The normalized spacial score (nSPS) is 30.4. The standard InChI is InChI=1S/C13H14BrN3S/c14-9-5-10-12(15-6-9)17(13(18)16-10)11-4-7-1-2-8(11)3-7/h5-8,11H,1-4H2,(H,16,18). The van der Waals surface area contributed by atoms with Gasteiger partial charge in [0.15, 0.2) is 10.4 Å². The minimum Gasteiger partial charge on any atom is -0.329 e. The van der Waals surface area contributed by atoms with Gasteiger partial charge in [-0.3, -0.25) is 4.57 Å². The third-order valence-electron chi connectivity index (χ3n) is 4.55. The van der Waals surface area contributed by atoms with Gasteiger partial charge >= 0.3 is 0 Å². The van der Waals surface area contributed by atoms with Gasteiger partial charge in [-0.2, -0.15) is 0 Å². The molecule has 2 aromatic heterocycles. The number of aromatic nitrogens is 3. The Morgan fingerprint density at radius 1 is 1.39 bits per heavy atom. The van der Waals surface area contributed by atoms with Crippen LogP contribution in [0.3, 0.4) is 0 Å². The highest BCUT2D eigenvalue weighted by molar-refractivity contribution is 9.10. The van der Waals surface area contributed by atoms with Crippen molar-refractivity contribution in [2.45, 2.75) is 31.7 Å². The summed E-state index contributed by atoms with van der Waals surface area (Å²) in [5.41, 5.74) is 2.05. The van der Waals surface area contributed by atoms with Crippen molar-refractivity contribution in [2.75, 3.05) is 0 Å². The lowest BCUT2D eigenvalue weighted by atomic mass is 9.95. The second-order valence-corrected chi connectivity index (χ2v) is 6.87. The van der Waals surface area contributed by atoms with Gasteiger partial charge in [0.25, 0.3) is 0 Å². The summed E-state index contributed by atoms with van der Waals surface area (Å²) in [6.45, 7) is 0. The summed E-state index contributed by atoms with van der Waals surface area (Å²) in [6, 6.07) is 2.63. The zero-order chi connectivity index (χ0) is 12.3. The first-order valence-corrected chi connectivity index (χ1v) is 7.68. The predicted molar refractivity (Wildman–Crippen MR) is 77.1 cm³/mol. The number of nitrogens with one attached hydrogen (secondary N) is 1. The van der Waals surface area contributed by atoms with Gasteiger partial charge < -0.3 is 4.98 Å². The van der Waals surface area contributed by atoms with Crippen LogP contribution in [0.2, 0.25) is 0 Å². The zero-order valence-corrected chi connectivity index (χ0v) is 12.3. The summed E-state index contributed by atoms with van der Waals surface area (Å²) >= 11 is 8.96. The van der Waals surface area contributed by atoms with Crippen LogP contribution in [0.1, 0.15) is 31.7 Å². The Morgan fingerprint density at radius 2 is 2.28 bits per heavy atom. The van der Waals surface area contributed by atoms with E-state index in [4.69, 9.17) is 12.2 Å². The van der Waals surface area contributed by atoms with Crippen LogP contribution in [0, 0.1) is 16.6 Å². The molecule has 0 amide bonds.